The molecule has 2 aromatic heterocycles. The number of hydrogen-bond acceptors (Lipinski definition) is 6. The number of nitrogens with one attached hydrogen (secondary N) is 1. The Balaban J connectivity index is 1.66. The van der Waals surface area contributed by atoms with Gasteiger partial charge in [-0.1, -0.05) is 18.2 Å². The molecular formula is C13H13N7. The van der Waals surface area contributed by atoms with Crippen molar-refractivity contribution in [3.05, 3.63) is 60.4 Å². The Kier molecular flexibility index (Phi) is 3.70. The fourth-order valence-corrected chi connectivity index (χ4v) is 1.81. The second kappa shape index (κ2) is 5.98. The summed E-state index contributed by atoms with van der Waals surface area (Å²) in [6.45, 7) is 1.20. The van der Waals surface area contributed by atoms with Gasteiger partial charge in [0.05, 0.1) is 17.9 Å². The third-order valence-corrected chi connectivity index (χ3v) is 2.77. The molecule has 3 aromatic rings. The van der Waals surface area contributed by atoms with Crippen molar-refractivity contribution in [2.45, 2.75) is 13.1 Å². The van der Waals surface area contributed by atoms with Gasteiger partial charge in [0.1, 0.15) is 6.33 Å². The number of tetrazole rings is 1. The van der Waals surface area contributed by atoms with Crippen molar-refractivity contribution >= 4 is 0 Å². The molecular weight excluding hydrogens is 254 g/mol. The van der Waals surface area contributed by atoms with Crippen molar-refractivity contribution in [1.82, 2.24) is 35.5 Å². The molecule has 7 heteroatoms. The third-order valence-electron chi connectivity index (χ3n) is 2.77. The second-order valence-electron chi connectivity index (χ2n) is 4.15. The van der Waals surface area contributed by atoms with Crippen LogP contribution in [0.25, 0.3) is 5.69 Å². The number of rotatable bonds is 5. The summed E-state index contributed by atoms with van der Waals surface area (Å²) in [4.78, 5) is 8.03. The quantitative estimate of drug-likeness (QED) is 0.734. The fraction of sp³-hybridized carbons (Fsp3) is 0.154. The van der Waals surface area contributed by atoms with Gasteiger partial charge in [-0.2, -0.15) is 4.68 Å². The molecule has 0 aliphatic heterocycles. The predicted octanol–water partition coefficient (Wildman–Crippen LogP) is 0.742. The molecule has 0 saturated carbocycles. The summed E-state index contributed by atoms with van der Waals surface area (Å²) in [6.07, 6.45) is 3.25. The number of hydrogen-bond donors (Lipinski definition) is 1. The summed E-state index contributed by atoms with van der Waals surface area (Å²) in [7, 11) is 0. The van der Waals surface area contributed by atoms with Crippen LogP contribution in [0.1, 0.15) is 11.5 Å². The van der Waals surface area contributed by atoms with Crippen LogP contribution in [0.4, 0.5) is 0 Å². The molecule has 2 heterocycles. The molecule has 1 N–H and O–H groups in total. The van der Waals surface area contributed by atoms with E-state index in [9.17, 15) is 0 Å². The van der Waals surface area contributed by atoms with E-state index in [0.717, 1.165) is 17.2 Å². The van der Waals surface area contributed by atoms with Gasteiger partial charge in [0, 0.05) is 12.7 Å². The lowest BCUT2D eigenvalue weighted by Gasteiger charge is -2.05. The van der Waals surface area contributed by atoms with Crippen LogP contribution in [0, 0.1) is 0 Å². The predicted molar refractivity (Wildman–Crippen MR) is 71.7 cm³/mol. The Hall–Kier alpha value is -2.67. The van der Waals surface area contributed by atoms with Crippen molar-refractivity contribution in [2.24, 2.45) is 0 Å². The lowest BCUT2D eigenvalue weighted by Crippen LogP contribution is -2.17. The molecule has 0 spiro atoms. The summed E-state index contributed by atoms with van der Waals surface area (Å²) in [6, 6.07) is 11.7. The van der Waals surface area contributed by atoms with Crippen molar-refractivity contribution < 1.29 is 0 Å². The van der Waals surface area contributed by atoms with Crippen molar-refractivity contribution in [1.29, 1.82) is 0 Å². The van der Waals surface area contributed by atoms with Crippen LogP contribution in [-0.4, -0.2) is 30.2 Å². The maximum Gasteiger partial charge on any atom is 0.170 e. The first-order valence-corrected chi connectivity index (χ1v) is 6.22. The smallest absolute Gasteiger partial charge is 0.170 e. The Labute approximate surface area is 115 Å². The largest absolute Gasteiger partial charge is 0.304 e. The van der Waals surface area contributed by atoms with Crippen LogP contribution in [0.3, 0.4) is 0 Å². The number of nitrogens with zero attached hydrogens (tertiary/aromatic N) is 6. The van der Waals surface area contributed by atoms with Crippen molar-refractivity contribution in [3.63, 3.8) is 0 Å². The van der Waals surface area contributed by atoms with Gasteiger partial charge in [-0.3, -0.25) is 0 Å². The molecule has 100 valence electrons. The average Bonchev–Trinajstić information content (AvgIpc) is 2.98. The summed E-state index contributed by atoms with van der Waals surface area (Å²) < 4.78 is 1.72. The van der Waals surface area contributed by atoms with Crippen LogP contribution in [-0.2, 0) is 13.1 Å². The first-order valence-electron chi connectivity index (χ1n) is 6.22. The van der Waals surface area contributed by atoms with Gasteiger partial charge in [-0.25, -0.2) is 9.97 Å². The molecule has 0 aliphatic rings. The highest BCUT2D eigenvalue weighted by atomic mass is 15.5. The van der Waals surface area contributed by atoms with E-state index in [4.69, 9.17) is 0 Å². The highest BCUT2D eigenvalue weighted by Crippen LogP contribution is 2.06. The maximum absolute atomic E-state index is 4.15. The fourth-order valence-electron chi connectivity index (χ4n) is 1.81. The summed E-state index contributed by atoms with van der Waals surface area (Å²) >= 11 is 0. The molecule has 0 fully saturated rings. The van der Waals surface area contributed by atoms with E-state index in [-0.39, 0.29) is 0 Å². The van der Waals surface area contributed by atoms with Gasteiger partial charge in [0.15, 0.2) is 5.82 Å². The van der Waals surface area contributed by atoms with Crippen molar-refractivity contribution in [2.75, 3.05) is 0 Å². The molecule has 3 rings (SSSR count). The van der Waals surface area contributed by atoms with E-state index in [2.05, 4.69) is 30.8 Å². The summed E-state index contributed by atoms with van der Waals surface area (Å²) in [5, 5.41) is 15.0. The normalized spacial score (nSPS) is 10.6. The van der Waals surface area contributed by atoms with E-state index in [1.807, 2.05) is 36.4 Å². The minimum atomic E-state index is 0.561. The molecule has 7 nitrogen and oxygen atoms in total. The zero-order chi connectivity index (χ0) is 13.6. The summed E-state index contributed by atoms with van der Waals surface area (Å²) in [5.74, 6) is 0.755. The van der Waals surface area contributed by atoms with Gasteiger partial charge < -0.3 is 5.32 Å². The SMILES string of the molecule is c1ccc(-n2nnnc2CNCc2ccncn2)cc1. The summed E-state index contributed by atoms with van der Waals surface area (Å²) in [5.41, 5.74) is 1.87. The van der Waals surface area contributed by atoms with E-state index in [1.165, 1.54) is 6.33 Å². The lowest BCUT2D eigenvalue weighted by molar-refractivity contribution is 0.632. The molecule has 0 unspecified atom stereocenters. The molecule has 0 aliphatic carbocycles. The van der Waals surface area contributed by atoms with Gasteiger partial charge in [0.2, 0.25) is 0 Å². The number of benzene rings is 1. The lowest BCUT2D eigenvalue weighted by atomic mass is 10.3. The highest BCUT2D eigenvalue weighted by molar-refractivity contribution is 5.30. The zero-order valence-corrected chi connectivity index (χ0v) is 10.7. The molecule has 20 heavy (non-hydrogen) atoms. The number of para-hydroxylation sites is 1. The number of aromatic nitrogens is 6. The Morgan fingerprint density at radius 1 is 1.05 bits per heavy atom. The van der Waals surface area contributed by atoms with Gasteiger partial charge in [-0.15, -0.1) is 5.10 Å². The molecule has 0 amide bonds. The van der Waals surface area contributed by atoms with E-state index < -0.39 is 0 Å². The molecule has 0 atom stereocenters. The third kappa shape index (κ3) is 2.83. The Morgan fingerprint density at radius 3 is 2.75 bits per heavy atom. The van der Waals surface area contributed by atoms with Gasteiger partial charge >= 0.3 is 0 Å². The van der Waals surface area contributed by atoms with Crippen molar-refractivity contribution in [3.8, 4) is 5.69 Å². The minimum Gasteiger partial charge on any atom is -0.304 e. The van der Waals surface area contributed by atoms with Crippen LogP contribution in [0.5, 0.6) is 0 Å². The Bertz CT molecular complexity index is 651. The average molecular weight is 267 g/mol. The topological polar surface area (TPSA) is 81.4 Å². The standard InChI is InChI=1S/C13H13N7/c1-2-4-12(5-3-1)20-13(17-18-19-20)9-15-8-11-6-7-14-10-16-11/h1-7,10,15H,8-9H2. The molecule has 0 bridgehead atoms. The van der Waals surface area contributed by atoms with E-state index in [0.29, 0.717) is 13.1 Å². The van der Waals surface area contributed by atoms with Crippen LogP contribution in [0.2, 0.25) is 0 Å². The van der Waals surface area contributed by atoms with Crippen LogP contribution in [0.15, 0.2) is 48.9 Å². The first kappa shape index (κ1) is 12.4. The Morgan fingerprint density at radius 2 is 1.95 bits per heavy atom. The van der Waals surface area contributed by atoms with Gasteiger partial charge in [-0.05, 0) is 28.6 Å². The second-order valence-corrected chi connectivity index (χ2v) is 4.15. The van der Waals surface area contributed by atoms with Crippen LogP contribution < -0.4 is 5.32 Å². The molecule has 0 saturated heterocycles. The molecule has 1 aromatic carbocycles. The zero-order valence-electron chi connectivity index (χ0n) is 10.7. The van der Waals surface area contributed by atoms with Crippen LogP contribution >= 0.6 is 0 Å². The maximum atomic E-state index is 4.15. The minimum absolute atomic E-state index is 0.561. The first-order chi connectivity index (χ1) is 9.93. The van der Waals surface area contributed by atoms with E-state index in [1.54, 1.807) is 10.9 Å². The molecule has 0 radical (unpaired) electrons. The van der Waals surface area contributed by atoms with Gasteiger partial charge in [0.25, 0.3) is 0 Å². The highest BCUT2D eigenvalue weighted by Gasteiger charge is 2.07. The monoisotopic (exact) mass is 267 g/mol. The van der Waals surface area contributed by atoms with E-state index >= 15 is 0 Å².